The van der Waals surface area contributed by atoms with Crippen LogP contribution in [0.15, 0.2) is 40.0 Å². The zero-order valence-corrected chi connectivity index (χ0v) is 14.4. The fraction of sp³-hybridized carbons (Fsp3) is 0.611. The van der Waals surface area contributed by atoms with Crippen LogP contribution in [0.5, 0.6) is 0 Å². The molecule has 0 saturated heterocycles. The molecule has 0 aliphatic heterocycles. The average molecular weight is 319 g/mol. The van der Waals surface area contributed by atoms with Crippen LogP contribution in [0.4, 0.5) is 0 Å². The van der Waals surface area contributed by atoms with Gasteiger partial charge >= 0.3 is 0 Å². The van der Waals surface area contributed by atoms with E-state index in [1.807, 2.05) is 19.1 Å². The van der Waals surface area contributed by atoms with Crippen molar-refractivity contribution in [1.82, 2.24) is 10.6 Å². The highest BCUT2D eigenvalue weighted by atomic mass is 16.5. The second-order valence-electron chi connectivity index (χ2n) is 6.47. The number of hydrogen-bond donors (Lipinski definition) is 2. The van der Waals surface area contributed by atoms with Crippen molar-refractivity contribution in [2.45, 2.75) is 32.6 Å². The monoisotopic (exact) mass is 319 g/mol. The molecule has 0 spiro atoms. The fourth-order valence-corrected chi connectivity index (χ4v) is 2.40. The van der Waals surface area contributed by atoms with E-state index in [1.54, 1.807) is 13.4 Å². The van der Waals surface area contributed by atoms with E-state index in [0.29, 0.717) is 5.41 Å². The van der Waals surface area contributed by atoms with Crippen LogP contribution in [-0.2, 0) is 11.2 Å². The second kappa shape index (κ2) is 8.77. The molecule has 5 heteroatoms. The Morgan fingerprint density at radius 2 is 2.26 bits per heavy atom. The van der Waals surface area contributed by atoms with Crippen molar-refractivity contribution < 1.29 is 9.15 Å². The molecule has 0 bridgehead atoms. The van der Waals surface area contributed by atoms with Crippen molar-refractivity contribution in [2.75, 3.05) is 33.4 Å². The van der Waals surface area contributed by atoms with E-state index in [1.165, 1.54) is 12.8 Å². The Morgan fingerprint density at radius 3 is 2.87 bits per heavy atom. The Labute approximate surface area is 139 Å². The van der Waals surface area contributed by atoms with E-state index in [0.717, 1.165) is 56.4 Å². The van der Waals surface area contributed by atoms with Gasteiger partial charge in [0.15, 0.2) is 5.96 Å². The predicted molar refractivity (Wildman–Crippen MR) is 93.7 cm³/mol. The normalized spacial score (nSPS) is 16.2. The Balaban J connectivity index is 1.82. The van der Waals surface area contributed by atoms with Crippen molar-refractivity contribution >= 4 is 5.96 Å². The van der Waals surface area contributed by atoms with Gasteiger partial charge in [-0.05, 0) is 43.7 Å². The zero-order valence-electron chi connectivity index (χ0n) is 14.4. The minimum atomic E-state index is 0.356. The molecule has 1 aromatic rings. The summed E-state index contributed by atoms with van der Waals surface area (Å²) in [5.41, 5.74) is 1.44. The molecule has 1 saturated carbocycles. The van der Waals surface area contributed by atoms with Gasteiger partial charge in [-0.15, -0.1) is 0 Å². The highest BCUT2D eigenvalue weighted by Crippen LogP contribution is 2.48. The van der Waals surface area contributed by atoms with Crippen molar-refractivity contribution in [3.05, 3.63) is 36.3 Å². The van der Waals surface area contributed by atoms with Gasteiger partial charge in [-0.2, -0.15) is 0 Å². The third-order valence-electron chi connectivity index (χ3n) is 4.17. The van der Waals surface area contributed by atoms with Crippen LogP contribution >= 0.6 is 0 Å². The summed E-state index contributed by atoms with van der Waals surface area (Å²) in [7, 11) is 1.76. The van der Waals surface area contributed by atoms with Gasteiger partial charge in [0.1, 0.15) is 5.76 Å². The topological polar surface area (TPSA) is 58.8 Å². The smallest absolute Gasteiger partial charge is 0.191 e. The number of methoxy groups -OCH3 is 1. The van der Waals surface area contributed by atoms with Gasteiger partial charge in [0.05, 0.1) is 6.26 Å². The number of hydrogen-bond acceptors (Lipinski definition) is 3. The molecule has 2 rings (SSSR count). The van der Waals surface area contributed by atoms with Crippen LogP contribution in [0.2, 0.25) is 0 Å². The number of rotatable bonds is 10. The maximum absolute atomic E-state index is 5.35. The lowest BCUT2D eigenvalue weighted by molar-refractivity contribution is 0.174. The third-order valence-corrected chi connectivity index (χ3v) is 4.17. The average Bonchev–Trinajstić information content (AvgIpc) is 3.11. The minimum absolute atomic E-state index is 0.356. The van der Waals surface area contributed by atoms with Gasteiger partial charge < -0.3 is 19.8 Å². The first-order chi connectivity index (χ1) is 11.1. The van der Waals surface area contributed by atoms with Crippen LogP contribution in [0.3, 0.4) is 0 Å². The van der Waals surface area contributed by atoms with Crippen LogP contribution in [0, 0.1) is 5.41 Å². The first-order valence-corrected chi connectivity index (χ1v) is 8.31. The molecule has 0 radical (unpaired) electrons. The van der Waals surface area contributed by atoms with Gasteiger partial charge in [-0.25, -0.2) is 0 Å². The molecular formula is C18H29N3O2. The summed E-state index contributed by atoms with van der Waals surface area (Å²) in [6, 6.07) is 3.90. The first-order valence-electron chi connectivity index (χ1n) is 8.31. The molecule has 0 aromatic carbocycles. The minimum Gasteiger partial charge on any atom is -0.469 e. The molecule has 0 atom stereocenters. The molecule has 1 heterocycles. The zero-order chi connectivity index (χ0) is 16.5. The number of ether oxygens (including phenoxy) is 1. The van der Waals surface area contributed by atoms with Crippen molar-refractivity contribution in [1.29, 1.82) is 0 Å². The van der Waals surface area contributed by atoms with Crippen molar-refractivity contribution in [2.24, 2.45) is 10.4 Å². The summed E-state index contributed by atoms with van der Waals surface area (Å²) in [5, 5.41) is 6.71. The summed E-state index contributed by atoms with van der Waals surface area (Å²) in [6.45, 7) is 9.13. The van der Waals surface area contributed by atoms with Crippen molar-refractivity contribution in [3.63, 3.8) is 0 Å². The molecule has 5 nitrogen and oxygen atoms in total. The van der Waals surface area contributed by atoms with Crippen LogP contribution in [0.25, 0.3) is 0 Å². The van der Waals surface area contributed by atoms with Crippen LogP contribution in [0.1, 0.15) is 31.9 Å². The first kappa shape index (κ1) is 17.6. The number of nitrogens with one attached hydrogen (secondary N) is 2. The van der Waals surface area contributed by atoms with E-state index >= 15 is 0 Å². The lowest BCUT2D eigenvalue weighted by Crippen LogP contribution is -2.39. The maximum Gasteiger partial charge on any atom is 0.191 e. The summed E-state index contributed by atoms with van der Waals surface area (Å²) in [6.07, 6.45) is 6.14. The van der Waals surface area contributed by atoms with Crippen LogP contribution < -0.4 is 10.6 Å². The molecule has 0 amide bonds. The Bertz CT molecular complexity index is 504. The predicted octanol–water partition coefficient (Wildman–Crippen LogP) is 2.75. The molecule has 1 aliphatic rings. The van der Waals surface area contributed by atoms with E-state index in [4.69, 9.17) is 14.1 Å². The Kier molecular flexibility index (Phi) is 6.71. The molecule has 128 valence electrons. The summed E-state index contributed by atoms with van der Waals surface area (Å²) in [5.74, 6) is 1.83. The van der Waals surface area contributed by atoms with Gasteiger partial charge in [0.25, 0.3) is 0 Å². The van der Waals surface area contributed by atoms with E-state index < -0.39 is 0 Å². The van der Waals surface area contributed by atoms with E-state index in [9.17, 15) is 0 Å². The molecule has 1 aromatic heterocycles. The Hall–Kier alpha value is -1.75. The molecule has 23 heavy (non-hydrogen) atoms. The third kappa shape index (κ3) is 6.48. The summed E-state index contributed by atoms with van der Waals surface area (Å²) in [4.78, 5) is 4.77. The summed E-state index contributed by atoms with van der Waals surface area (Å²) < 4.78 is 10.6. The van der Waals surface area contributed by atoms with Crippen molar-refractivity contribution in [3.8, 4) is 0 Å². The lowest BCUT2D eigenvalue weighted by Gasteiger charge is -2.15. The number of guanidine groups is 1. The molecule has 2 N–H and O–H groups in total. The molecular weight excluding hydrogens is 290 g/mol. The quantitative estimate of drug-likeness (QED) is 0.395. The van der Waals surface area contributed by atoms with Crippen LogP contribution in [-0.4, -0.2) is 39.3 Å². The number of aliphatic imine (C=N–C) groups is 1. The highest BCUT2D eigenvalue weighted by Gasteiger charge is 2.41. The van der Waals surface area contributed by atoms with Gasteiger partial charge in [-0.1, -0.05) is 12.2 Å². The maximum atomic E-state index is 5.35. The van der Waals surface area contributed by atoms with Gasteiger partial charge in [-0.3, -0.25) is 4.99 Å². The highest BCUT2D eigenvalue weighted by molar-refractivity contribution is 5.80. The summed E-state index contributed by atoms with van der Waals surface area (Å²) >= 11 is 0. The SMILES string of the molecule is C=C(C)CNC(=NCC1(CCOC)CC1)NCCc1ccco1. The number of nitrogens with zero attached hydrogens (tertiary/aromatic N) is 1. The van der Waals surface area contributed by atoms with Gasteiger partial charge in [0, 0.05) is 39.8 Å². The Morgan fingerprint density at radius 1 is 1.43 bits per heavy atom. The molecule has 1 aliphatic carbocycles. The second-order valence-corrected chi connectivity index (χ2v) is 6.47. The van der Waals surface area contributed by atoms with E-state index in [2.05, 4.69) is 17.2 Å². The molecule has 0 unspecified atom stereocenters. The molecule has 1 fully saturated rings. The largest absolute Gasteiger partial charge is 0.469 e. The standard InChI is InChI=1S/C18H29N3O2/c1-15(2)13-20-17(19-10-6-16-5-4-11-23-16)21-14-18(7-8-18)9-12-22-3/h4-5,11H,1,6-10,12-14H2,2-3H3,(H2,19,20,21). The fourth-order valence-electron chi connectivity index (χ4n) is 2.40. The van der Waals surface area contributed by atoms with E-state index in [-0.39, 0.29) is 0 Å². The number of furan rings is 1. The lowest BCUT2D eigenvalue weighted by atomic mass is 10.0. The van der Waals surface area contributed by atoms with Gasteiger partial charge in [0.2, 0.25) is 0 Å².